The van der Waals surface area contributed by atoms with Crippen LogP contribution in [0.25, 0.3) is 0 Å². The lowest BCUT2D eigenvalue weighted by Crippen LogP contribution is -2.47. The molecule has 0 radical (unpaired) electrons. The maximum Gasteiger partial charge on any atom is 0.252 e. The van der Waals surface area contributed by atoms with Gasteiger partial charge in [-0.1, -0.05) is 13.8 Å². The van der Waals surface area contributed by atoms with Crippen molar-refractivity contribution in [1.29, 1.82) is 0 Å². The van der Waals surface area contributed by atoms with Crippen LogP contribution in [0.4, 0.5) is 5.69 Å². The van der Waals surface area contributed by atoms with E-state index >= 15 is 0 Å². The monoisotopic (exact) mass is 446 g/mol. The summed E-state index contributed by atoms with van der Waals surface area (Å²) >= 11 is 0. The zero-order valence-electron chi connectivity index (χ0n) is 19.4. The van der Waals surface area contributed by atoms with E-state index in [1.54, 1.807) is 18.2 Å². The van der Waals surface area contributed by atoms with E-state index in [2.05, 4.69) is 10.6 Å². The Morgan fingerprint density at radius 3 is 1.69 bits per heavy atom. The van der Waals surface area contributed by atoms with Crippen molar-refractivity contribution in [3.63, 3.8) is 0 Å². The average Bonchev–Trinajstić information content (AvgIpc) is 2.80. The molecule has 2 amide bonds. The minimum Gasteiger partial charge on any atom is -0.497 e. The smallest absolute Gasteiger partial charge is 0.252 e. The molecule has 174 valence electrons. The highest BCUT2D eigenvalue weighted by Crippen LogP contribution is 2.38. The zero-order valence-corrected chi connectivity index (χ0v) is 19.4. The van der Waals surface area contributed by atoms with Crippen molar-refractivity contribution in [1.82, 2.24) is 5.32 Å². The first kappa shape index (κ1) is 24.6. The molecule has 0 aliphatic carbocycles. The van der Waals surface area contributed by atoms with E-state index in [0.717, 1.165) is 0 Å². The van der Waals surface area contributed by atoms with Crippen LogP contribution in [0.15, 0.2) is 30.3 Å². The maximum absolute atomic E-state index is 13.0. The van der Waals surface area contributed by atoms with Crippen molar-refractivity contribution in [2.75, 3.05) is 40.9 Å². The summed E-state index contributed by atoms with van der Waals surface area (Å²) in [5, 5.41) is 5.59. The van der Waals surface area contributed by atoms with Crippen LogP contribution in [0.3, 0.4) is 0 Å². The number of benzene rings is 2. The summed E-state index contributed by atoms with van der Waals surface area (Å²) in [6.07, 6.45) is 0. The molecule has 1 atom stereocenters. The third kappa shape index (κ3) is 5.75. The number of ether oxygens (including phenoxy) is 5. The van der Waals surface area contributed by atoms with Crippen LogP contribution in [-0.4, -0.2) is 53.4 Å². The molecular formula is C23H30N2O7. The largest absolute Gasteiger partial charge is 0.497 e. The van der Waals surface area contributed by atoms with E-state index in [1.807, 2.05) is 13.8 Å². The standard InChI is InChI=1S/C23H30N2O7/c1-13(2)20(23(27)24-15-10-16(28-3)12-17(11-15)29-4)25-22(26)14-8-18(30-5)21(32-7)19(9-14)31-6/h8-13,20H,1-7H3,(H,24,27)(H,25,26). The van der Waals surface area contributed by atoms with Crippen LogP contribution < -0.4 is 34.3 Å². The number of carbonyl (C=O) groups excluding carboxylic acids is 2. The summed E-state index contributed by atoms with van der Waals surface area (Å²) in [6.45, 7) is 3.68. The number of hydrogen-bond acceptors (Lipinski definition) is 7. The van der Waals surface area contributed by atoms with Gasteiger partial charge in [0.1, 0.15) is 17.5 Å². The third-order valence-corrected chi connectivity index (χ3v) is 4.78. The molecule has 32 heavy (non-hydrogen) atoms. The summed E-state index contributed by atoms with van der Waals surface area (Å²) in [4.78, 5) is 26.0. The van der Waals surface area contributed by atoms with E-state index in [9.17, 15) is 9.59 Å². The minimum atomic E-state index is -0.807. The first-order valence-corrected chi connectivity index (χ1v) is 9.92. The van der Waals surface area contributed by atoms with E-state index < -0.39 is 11.9 Å². The summed E-state index contributed by atoms with van der Waals surface area (Å²) < 4.78 is 26.4. The molecule has 2 rings (SSSR count). The maximum atomic E-state index is 13.0. The van der Waals surface area contributed by atoms with Gasteiger partial charge < -0.3 is 34.3 Å². The van der Waals surface area contributed by atoms with Gasteiger partial charge in [0.15, 0.2) is 11.5 Å². The zero-order chi connectivity index (χ0) is 23.8. The highest BCUT2D eigenvalue weighted by atomic mass is 16.5. The highest BCUT2D eigenvalue weighted by molar-refractivity contribution is 6.02. The lowest BCUT2D eigenvalue weighted by Gasteiger charge is -2.22. The van der Waals surface area contributed by atoms with Crippen LogP contribution in [0.2, 0.25) is 0 Å². The van der Waals surface area contributed by atoms with Crippen molar-refractivity contribution >= 4 is 17.5 Å². The lowest BCUT2D eigenvalue weighted by molar-refractivity contribution is -0.118. The van der Waals surface area contributed by atoms with Crippen molar-refractivity contribution in [2.24, 2.45) is 5.92 Å². The van der Waals surface area contributed by atoms with Crippen molar-refractivity contribution in [3.05, 3.63) is 35.9 Å². The quantitative estimate of drug-likeness (QED) is 0.578. The van der Waals surface area contributed by atoms with Gasteiger partial charge in [0.25, 0.3) is 5.91 Å². The number of methoxy groups -OCH3 is 5. The summed E-state index contributed by atoms with van der Waals surface area (Å²) in [6, 6.07) is 7.27. The van der Waals surface area contributed by atoms with Gasteiger partial charge in [0.2, 0.25) is 11.7 Å². The minimum absolute atomic E-state index is 0.187. The molecule has 0 spiro atoms. The highest BCUT2D eigenvalue weighted by Gasteiger charge is 2.26. The second-order valence-corrected chi connectivity index (χ2v) is 7.20. The molecule has 2 aromatic carbocycles. The fraction of sp³-hybridized carbons (Fsp3) is 0.391. The molecule has 0 aromatic heterocycles. The predicted molar refractivity (Wildman–Crippen MR) is 120 cm³/mol. The normalized spacial score (nSPS) is 11.4. The molecule has 0 aliphatic rings. The molecule has 9 heteroatoms. The first-order chi connectivity index (χ1) is 15.3. The van der Waals surface area contributed by atoms with Crippen LogP contribution in [0, 0.1) is 5.92 Å². The third-order valence-electron chi connectivity index (χ3n) is 4.78. The number of amides is 2. The number of carbonyl (C=O) groups is 2. The molecule has 1 unspecified atom stereocenters. The molecule has 0 saturated heterocycles. The van der Waals surface area contributed by atoms with Crippen LogP contribution in [0.1, 0.15) is 24.2 Å². The average molecular weight is 447 g/mol. The van der Waals surface area contributed by atoms with Crippen LogP contribution >= 0.6 is 0 Å². The lowest BCUT2D eigenvalue weighted by atomic mass is 10.0. The molecule has 0 bridgehead atoms. The van der Waals surface area contributed by atoms with Gasteiger partial charge in [-0.2, -0.15) is 0 Å². The molecule has 2 N–H and O–H groups in total. The van der Waals surface area contributed by atoms with Crippen LogP contribution in [0.5, 0.6) is 28.7 Å². The van der Waals surface area contributed by atoms with Crippen LogP contribution in [-0.2, 0) is 4.79 Å². The topological polar surface area (TPSA) is 104 Å². The van der Waals surface area contributed by atoms with Gasteiger partial charge in [-0.05, 0) is 18.1 Å². The Kier molecular flexibility index (Phi) is 8.57. The Morgan fingerprint density at radius 1 is 0.750 bits per heavy atom. The molecule has 2 aromatic rings. The Bertz CT molecular complexity index is 912. The van der Waals surface area contributed by atoms with E-state index in [-0.39, 0.29) is 17.4 Å². The SMILES string of the molecule is COc1cc(NC(=O)C(NC(=O)c2cc(OC)c(OC)c(OC)c2)C(C)C)cc(OC)c1. The van der Waals surface area contributed by atoms with Gasteiger partial charge >= 0.3 is 0 Å². The first-order valence-electron chi connectivity index (χ1n) is 9.92. The molecule has 0 aliphatic heterocycles. The van der Waals surface area contributed by atoms with Crippen molar-refractivity contribution in [2.45, 2.75) is 19.9 Å². The van der Waals surface area contributed by atoms with E-state index in [1.165, 1.54) is 47.7 Å². The van der Waals surface area contributed by atoms with Gasteiger partial charge in [-0.3, -0.25) is 9.59 Å². The Labute approximate surface area is 187 Å². The predicted octanol–water partition coefficient (Wildman–Crippen LogP) is 3.12. The van der Waals surface area contributed by atoms with E-state index in [0.29, 0.717) is 34.4 Å². The molecule has 0 fully saturated rings. The molecular weight excluding hydrogens is 416 g/mol. The van der Waals surface area contributed by atoms with Gasteiger partial charge in [0, 0.05) is 29.4 Å². The van der Waals surface area contributed by atoms with Crippen molar-refractivity contribution < 1.29 is 33.3 Å². The fourth-order valence-corrected chi connectivity index (χ4v) is 3.07. The second kappa shape index (κ2) is 11.1. The van der Waals surface area contributed by atoms with E-state index in [4.69, 9.17) is 23.7 Å². The molecule has 0 heterocycles. The number of hydrogen-bond donors (Lipinski definition) is 2. The Balaban J connectivity index is 2.27. The van der Waals surface area contributed by atoms with Gasteiger partial charge in [-0.15, -0.1) is 0 Å². The number of rotatable bonds is 10. The summed E-state index contributed by atoms with van der Waals surface area (Å²) in [5.41, 5.74) is 0.750. The number of nitrogens with one attached hydrogen (secondary N) is 2. The Morgan fingerprint density at radius 2 is 1.28 bits per heavy atom. The van der Waals surface area contributed by atoms with Gasteiger partial charge in [0.05, 0.1) is 35.5 Å². The molecule has 9 nitrogen and oxygen atoms in total. The second-order valence-electron chi connectivity index (χ2n) is 7.20. The Hall–Kier alpha value is -3.62. The van der Waals surface area contributed by atoms with Gasteiger partial charge in [-0.25, -0.2) is 0 Å². The summed E-state index contributed by atoms with van der Waals surface area (Å²) in [5.74, 6) is 1.09. The van der Waals surface area contributed by atoms with Crippen molar-refractivity contribution in [3.8, 4) is 28.7 Å². The molecule has 0 saturated carbocycles. The summed E-state index contributed by atoms with van der Waals surface area (Å²) in [7, 11) is 7.45. The number of anilines is 1. The fourth-order valence-electron chi connectivity index (χ4n) is 3.07.